The number of allylic oxidation sites excluding steroid dienone is 2. The van der Waals surface area contributed by atoms with E-state index in [1.165, 1.54) is 25.3 Å². The Morgan fingerprint density at radius 1 is 0.952 bits per heavy atom. The third-order valence-corrected chi connectivity index (χ3v) is 6.10. The molecule has 1 aliphatic heterocycles. The lowest BCUT2D eigenvalue weighted by atomic mass is 9.80. The third kappa shape index (κ3) is 9.55. The molecule has 0 amide bonds. The molecule has 2 aromatic carbocycles. The highest BCUT2D eigenvalue weighted by Crippen LogP contribution is 2.40. The molecule has 1 unspecified atom stereocenters. The normalized spacial score (nSPS) is 14.4. The zero-order valence-corrected chi connectivity index (χ0v) is 23.7. The van der Waals surface area contributed by atoms with E-state index in [2.05, 4.69) is 5.32 Å². The van der Waals surface area contributed by atoms with Gasteiger partial charge in [0.15, 0.2) is 0 Å². The van der Waals surface area contributed by atoms with Crippen LogP contribution < -0.4 is 5.32 Å². The Labute approximate surface area is 242 Å². The molecule has 0 aliphatic carbocycles. The average Bonchev–Trinajstić information content (AvgIpc) is 2.92. The van der Waals surface area contributed by atoms with Gasteiger partial charge in [-0.3, -0.25) is 24.6 Å². The van der Waals surface area contributed by atoms with Crippen LogP contribution in [-0.2, 0) is 35.2 Å². The highest BCUT2D eigenvalue weighted by molar-refractivity contribution is 5.99. The molecule has 1 heterocycles. The number of non-ortho nitro benzene ring substituents is 1. The van der Waals surface area contributed by atoms with Gasteiger partial charge in [0.05, 0.1) is 29.1 Å². The molecular formula is C29H33N3O10. The zero-order valence-electron chi connectivity index (χ0n) is 23.7. The number of carboxylic acid groups (broad SMARTS) is 2. The largest absolute Gasteiger partial charge is 0.481 e. The first-order valence-corrected chi connectivity index (χ1v) is 12.7. The van der Waals surface area contributed by atoms with Gasteiger partial charge in [-0.15, -0.1) is 0 Å². The van der Waals surface area contributed by atoms with Crippen LogP contribution in [0, 0.1) is 10.1 Å². The minimum atomic E-state index is -1.31. The van der Waals surface area contributed by atoms with E-state index in [-0.39, 0.29) is 23.4 Å². The van der Waals surface area contributed by atoms with Crippen LogP contribution in [0.1, 0.15) is 37.3 Å². The van der Waals surface area contributed by atoms with Crippen molar-refractivity contribution in [3.63, 3.8) is 0 Å². The van der Waals surface area contributed by atoms with Gasteiger partial charge < -0.3 is 25.0 Å². The number of methoxy groups -OCH3 is 1. The summed E-state index contributed by atoms with van der Waals surface area (Å²) in [6.07, 6.45) is -0.806. The SMILES string of the molecule is COC(=O)C1=C(C)NC(C)=C(C(=O)OCCN(C)Cc2ccccc2)C1c1cccc([N+](=O)[O-])c1.O=C(O)CC(=O)O. The Kier molecular flexibility index (Phi) is 12.4. The molecule has 1 aliphatic rings. The third-order valence-electron chi connectivity index (χ3n) is 6.10. The van der Waals surface area contributed by atoms with E-state index in [4.69, 9.17) is 19.7 Å². The zero-order chi connectivity index (χ0) is 31.4. The number of nitrogens with zero attached hydrogens (tertiary/aromatic N) is 2. The van der Waals surface area contributed by atoms with Crippen molar-refractivity contribution < 1.29 is 43.8 Å². The van der Waals surface area contributed by atoms with Gasteiger partial charge in [-0.25, -0.2) is 9.59 Å². The number of nitrogens with one attached hydrogen (secondary N) is 1. The maximum atomic E-state index is 13.3. The molecule has 1 atom stereocenters. The molecule has 0 saturated carbocycles. The maximum absolute atomic E-state index is 13.3. The summed E-state index contributed by atoms with van der Waals surface area (Å²) in [7, 11) is 3.18. The summed E-state index contributed by atoms with van der Waals surface area (Å²) >= 11 is 0. The van der Waals surface area contributed by atoms with E-state index in [1.807, 2.05) is 42.3 Å². The number of hydrogen-bond acceptors (Lipinski definition) is 10. The molecule has 3 rings (SSSR count). The highest BCUT2D eigenvalue weighted by Gasteiger charge is 2.38. The van der Waals surface area contributed by atoms with Crippen LogP contribution in [0.4, 0.5) is 5.69 Å². The van der Waals surface area contributed by atoms with Crippen LogP contribution in [0.5, 0.6) is 0 Å². The first-order chi connectivity index (χ1) is 19.8. The Bertz CT molecular complexity index is 1370. The van der Waals surface area contributed by atoms with Crippen LogP contribution in [0.2, 0.25) is 0 Å². The molecule has 0 fully saturated rings. The van der Waals surface area contributed by atoms with Crippen molar-refractivity contribution in [1.29, 1.82) is 0 Å². The first kappa shape index (κ1) is 33.2. The van der Waals surface area contributed by atoms with Gasteiger partial charge in [0.2, 0.25) is 0 Å². The second kappa shape index (κ2) is 15.7. The maximum Gasteiger partial charge on any atom is 0.336 e. The summed E-state index contributed by atoms with van der Waals surface area (Å²) in [5.74, 6) is -4.74. The molecule has 3 N–H and O–H groups in total. The fourth-order valence-corrected chi connectivity index (χ4v) is 4.27. The molecule has 0 bridgehead atoms. The number of nitro groups is 1. The number of carboxylic acids is 2. The number of carbonyl (C=O) groups excluding carboxylic acids is 2. The van der Waals surface area contributed by atoms with E-state index in [0.29, 0.717) is 30.0 Å². The van der Waals surface area contributed by atoms with E-state index < -0.39 is 41.1 Å². The number of ether oxygens (including phenoxy) is 2. The van der Waals surface area contributed by atoms with Crippen molar-refractivity contribution in [3.05, 3.63) is 98.4 Å². The molecule has 13 nitrogen and oxygen atoms in total. The fourth-order valence-electron chi connectivity index (χ4n) is 4.27. The Morgan fingerprint density at radius 3 is 2.07 bits per heavy atom. The quantitative estimate of drug-likeness (QED) is 0.152. The number of aliphatic carboxylic acids is 2. The predicted octanol–water partition coefficient (Wildman–Crippen LogP) is 3.22. The van der Waals surface area contributed by atoms with Crippen molar-refractivity contribution >= 4 is 29.6 Å². The number of dihydropyridines is 1. The van der Waals surface area contributed by atoms with E-state index >= 15 is 0 Å². The topological polar surface area (TPSA) is 186 Å². The molecule has 0 radical (unpaired) electrons. The van der Waals surface area contributed by atoms with E-state index in [0.717, 1.165) is 5.56 Å². The second-order valence-electron chi connectivity index (χ2n) is 9.30. The van der Waals surface area contributed by atoms with Crippen molar-refractivity contribution in [1.82, 2.24) is 10.2 Å². The summed E-state index contributed by atoms with van der Waals surface area (Å²) in [4.78, 5) is 57.7. The average molecular weight is 584 g/mol. The van der Waals surface area contributed by atoms with Gasteiger partial charge in [-0.1, -0.05) is 42.5 Å². The standard InChI is InChI=1S/C26H29N3O6.C3H4O4/c1-17-22(25(30)34-4)24(20-11-8-12-21(15-20)29(32)33)23(18(2)27-17)26(31)35-14-13-28(3)16-19-9-6-5-7-10-19;4-2(5)1-3(6)7/h5-12,15,24,27H,13-14,16H2,1-4H3;1H2,(H,4,5)(H,6,7). The van der Waals surface area contributed by atoms with Crippen molar-refractivity contribution in [2.45, 2.75) is 32.7 Å². The fraction of sp³-hybridized carbons (Fsp3) is 0.310. The number of carbonyl (C=O) groups is 4. The number of rotatable bonds is 11. The monoisotopic (exact) mass is 583 g/mol. The van der Waals surface area contributed by atoms with Crippen molar-refractivity contribution in [2.24, 2.45) is 0 Å². The summed E-state index contributed by atoms with van der Waals surface area (Å²) < 4.78 is 10.6. The second-order valence-corrected chi connectivity index (χ2v) is 9.30. The lowest BCUT2D eigenvalue weighted by Gasteiger charge is -2.30. The number of likely N-dealkylation sites (N-methyl/N-ethyl adjacent to an activating group) is 1. The smallest absolute Gasteiger partial charge is 0.336 e. The summed E-state index contributed by atoms with van der Waals surface area (Å²) in [5, 5.41) is 29.8. The summed E-state index contributed by atoms with van der Waals surface area (Å²) in [5.41, 5.74) is 2.85. The molecule has 2 aromatic rings. The van der Waals surface area contributed by atoms with Crippen molar-refractivity contribution in [3.8, 4) is 0 Å². The van der Waals surface area contributed by atoms with Crippen LogP contribution in [-0.4, -0.2) is 71.2 Å². The Hall–Kier alpha value is -5.04. The molecule has 224 valence electrons. The number of hydrogen-bond donors (Lipinski definition) is 3. The molecule has 0 saturated heterocycles. The highest BCUT2D eigenvalue weighted by atomic mass is 16.6. The molecule has 0 aromatic heterocycles. The number of nitro benzene ring substituents is 1. The lowest BCUT2D eigenvalue weighted by molar-refractivity contribution is -0.384. The molecule has 13 heteroatoms. The summed E-state index contributed by atoms with van der Waals surface area (Å²) in [6.45, 7) is 4.74. The predicted molar refractivity (Wildman–Crippen MR) is 150 cm³/mol. The van der Waals surface area contributed by atoms with Gasteiger partial charge in [-0.2, -0.15) is 0 Å². The lowest BCUT2D eigenvalue weighted by Crippen LogP contribution is -2.33. The first-order valence-electron chi connectivity index (χ1n) is 12.7. The van der Waals surface area contributed by atoms with Crippen LogP contribution in [0.3, 0.4) is 0 Å². The van der Waals surface area contributed by atoms with Gasteiger partial charge in [0.1, 0.15) is 13.0 Å². The Morgan fingerprint density at radius 2 is 1.55 bits per heavy atom. The van der Waals surface area contributed by atoms with Crippen LogP contribution >= 0.6 is 0 Å². The molecular weight excluding hydrogens is 550 g/mol. The van der Waals surface area contributed by atoms with E-state index in [9.17, 15) is 29.3 Å². The van der Waals surface area contributed by atoms with Crippen LogP contribution in [0.15, 0.2) is 77.1 Å². The van der Waals surface area contributed by atoms with Crippen LogP contribution in [0.25, 0.3) is 0 Å². The van der Waals surface area contributed by atoms with Gasteiger partial charge in [-0.05, 0) is 32.0 Å². The van der Waals surface area contributed by atoms with Gasteiger partial charge >= 0.3 is 23.9 Å². The van der Waals surface area contributed by atoms with Gasteiger partial charge in [0, 0.05) is 36.6 Å². The van der Waals surface area contributed by atoms with Crippen molar-refractivity contribution in [2.75, 3.05) is 27.3 Å². The summed E-state index contributed by atoms with van der Waals surface area (Å²) in [6, 6.07) is 15.8. The minimum absolute atomic E-state index is 0.136. The number of benzene rings is 2. The minimum Gasteiger partial charge on any atom is -0.481 e. The number of esters is 2. The molecule has 0 spiro atoms. The van der Waals surface area contributed by atoms with E-state index in [1.54, 1.807) is 19.9 Å². The van der Waals surface area contributed by atoms with Gasteiger partial charge in [0.25, 0.3) is 5.69 Å². The molecule has 42 heavy (non-hydrogen) atoms. The Balaban J connectivity index is 0.000000782.